The third kappa shape index (κ3) is 3.07. The summed E-state index contributed by atoms with van der Waals surface area (Å²) in [5, 5.41) is 0. The molecule has 0 spiro atoms. The Morgan fingerprint density at radius 2 is 1.80 bits per heavy atom. The minimum absolute atomic E-state index is 0.0955. The molecule has 0 fully saturated rings. The molecule has 0 unspecified atom stereocenters. The summed E-state index contributed by atoms with van der Waals surface area (Å²) in [6, 6.07) is 7.07. The third-order valence-electron chi connectivity index (χ3n) is 2.42. The molecule has 0 radical (unpaired) electrons. The van der Waals surface area contributed by atoms with Crippen molar-refractivity contribution in [3.8, 4) is 0 Å². The molecule has 4 nitrogen and oxygen atoms in total. The maximum absolute atomic E-state index is 13.6. The highest BCUT2D eigenvalue weighted by atomic mass is 79.9. The maximum Gasteiger partial charge on any atom is 0.262 e. The fraction of sp³-hybridized carbons (Fsp3) is 0. The quantitative estimate of drug-likeness (QED) is 0.650. The molecule has 2 aromatic carbocycles. The van der Waals surface area contributed by atoms with Crippen LogP contribution in [0.2, 0.25) is 0 Å². The zero-order valence-electron chi connectivity index (χ0n) is 9.90. The standard InChI is InChI=1S/C12H9BrF2N2O2S/c13-9-5-11(15)12(6-10(9)14)17-20(18,19)8-3-1-2-7(16)4-8/h1-6,17H,16H2. The van der Waals surface area contributed by atoms with E-state index in [1.807, 2.05) is 4.72 Å². The summed E-state index contributed by atoms with van der Waals surface area (Å²) in [4.78, 5) is -0.139. The van der Waals surface area contributed by atoms with E-state index in [0.717, 1.165) is 12.1 Å². The van der Waals surface area contributed by atoms with Crippen molar-refractivity contribution in [3.63, 3.8) is 0 Å². The molecule has 20 heavy (non-hydrogen) atoms. The lowest BCUT2D eigenvalue weighted by molar-refractivity contribution is 0.592. The first-order valence-corrected chi connectivity index (χ1v) is 7.60. The van der Waals surface area contributed by atoms with Gasteiger partial charge in [-0.05, 0) is 40.2 Å². The fourth-order valence-electron chi connectivity index (χ4n) is 1.49. The van der Waals surface area contributed by atoms with Gasteiger partial charge in [0, 0.05) is 11.8 Å². The number of hydrogen-bond acceptors (Lipinski definition) is 3. The molecule has 0 aliphatic rings. The highest BCUT2D eigenvalue weighted by Crippen LogP contribution is 2.25. The van der Waals surface area contributed by atoms with E-state index in [9.17, 15) is 17.2 Å². The average molecular weight is 363 g/mol. The molecule has 3 N–H and O–H groups in total. The Kier molecular flexibility index (Phi) is 3.96. The molecule has 8 heteroatoms. The lowest BCUT2D eigenvalue weighted by Crippen LogP contribution is -2.14. The summed E-state index contributed by atoms with van der Waals surface area (Å²) in [7, 11) is -4.04. The number of rotatable bonds is 3. The molecule has 0 aliphatic heterocycles. The zero-order chi connectivity index (χ0) is 14.9. The highest BCUT2D eigenvalue weighted by Gasteiger charge is 2.18. The summed E-state index contributed by atoms with van der Waals surface area (Å²) in [6.45, 7) is 0. The van der Waals surface area contributed by atoms with Crippen LogP contribution in [-0.4, -0.2) is 8.42 Å². The van der Waals surface area contributed by atoms with Gasteiger partial charge in [0.25, 0.3) is 10.0 Å². The second-order valence-electron chi connectivity index (χ2n) is 3.92. The van der Waals surface area contributed by atoms with Gasteiger partial charge < -0.3 is 5.73 Å². The van der Waals surface area contributed by atoms with E-state index in [2.05, 4.69) is 15.9 Å². The number of nitrogens with two attached hydrogens (primary N) is 1. The normalized spacial score (nSPS) is 11.3. The van der Waals surface area contributed by atoms with Crippen molar-refractivity contribution in [2.75, 3.05) is 10.5 Å². The number of halogens is 3. The van der Waals surface area contributed by atoms with E-state index in [1.54, 1.807) is 0 Å². The van der Waals surface area contributed by atoms with Gasteiger partial charge in [-0.3, -0.25) is 4.72 Å². The summed E-state index contributed by atoms with van der Waals surface area (Å²) in [5.74, 6) is -1.68. The lowest BCUT2D eigenvalue weighted by atomic mass is 10.3. The van der Waals surface area contributed by atoms with Crippen LogP contribution in [0.5, 0.6) is 0 Å². The first kappa shape index (κ1) is 14.7. The van der Waals surface area contributed by atoms with Crippen LogP contribution in [0.25, 0.3) is 0 Å². The Balaban J connectivity index is 2.41. The van der Waals surface area contributed by atoms with Crippen molar-refractivity contribution in [3.05, 3.63) is 52.5 Å². The molecule has 0 aliphatic carbocycles. The van der Waals surface area contributed by atoms with Gasteiger partial charge in [-0.1, -0.05) is 6.07 Å². The predicted octanol–water partition coefficient (Wildman–Crippen LogP) is 3.11. The van der Waals surface area contributed by atoms with Gasteiger partial charge in [0.15, 0.2) is 0 Å². The van der Waals surface area contributed by atoms with Crippen LogP contribution in [-0.2, 0) is 10.0 Å². The molecule has 106 valence electrons. The van der Waals surface area contributed by atoms with Crippen molar-refractivity contribution in [2.24, 2.45) is 0 Å². The molecule has 0 aromatic heterocycles. The molecule has 2 rings (SSSR count). The van der Waals surface area contributed by atoms with E-state index >= 15 is 0 Å². The van der Waals surface area contributed by atoms with Gasteiger partial charge in [-0.2, -0.15) is 0 Å². The smallest absolute Gasteiger partial charge is 0.262 e. The molecule has 0 bridgehead atoms. The number of sulfonamides is 1. The Hall–Kier alpha value is -1.67. The minimum Gasteiger partial charge on any atom is -0.399 e. The van der Waals surface area contributed by atoms with E-state index in [4.69, 9.17) is 5.73 Å². The van der Waals surface area contributed by atoms with Crippen molar-refractivity contribution < 1.29 is 17.2 Å². The third-order valence-corrected chi connectivity index (χ3v) is 4.39. The number of anilines is 2. The second kappa shape index (κ2) is 5.37. The fourth-order valence-corrected chi connectivity index (χ4v) is 2.91. The Labute approximate surface area is 122 Å². The van der Waals surface area contributed by atoms with Crippen LogP contribution in [0.4, 0.5) is 20.2 Å². The predicted molar refractivity (Wildman–Crippen MR) is 75.7 cm³/mol. The molecular weight excluding hydrogens is 354 g/mol. The van der Waals surface area contributed by atoms with Crippen LogP contribution < -0.4 is 10.5 Å². The van der Waals surface area contributed by atoms with Crippen molar-refractivity contribution in [1.82, 2.24) is 0 Å². The van der Waals surface area contributed by atoms with E-state index < -0.39 is 27.3 Å². The summed E-state index contributed by atoms with van der Waals surface area (Å²) >= 11 is 2.81. The number of benzene rings is 2. The first-order valence-electron chi connectivity index (χ1n) is 5.32. The Morgan fingerprint density at radius 3 is 2.45 bits per heavy atom. The second-order valence-corrected chi connectivity index (χ2v) is 6.46. The highest BCUT2D eigenvalue weighted by molar-refractivity contribution is 9.10. The van der Waals surface area contributed by atoms with Gasteiger partial charge >= 0.3 is 0 Å². The van der Waals surface area contributed by atoms with Crippen molar-refractivity contribution in [1.29, 1.82) is 0 Å². The topological polar surface area (TPSA) is 72.2 Å². The van der Waals surface area contributed by atoms with Crippen molar-refractivity contribution in [2.45, 2.75) is 4.90 Å². The van der Waals surface area contributed by atoms with Gasteiger partial charge in [-0.15, -0.1) is 0 Å². The Morgan fingerprint density at radius 1 is 1.10 bits per heavy atom. The zero-order valence-corrected chi connectivity index (χ0v) is 12.3. The molecule has 0 heterocycles. The summed E-state index contributed by atoms with van der Waals surface area (Å²) < 4.78 is 52.9. The number of hydrogen-bond donors (Lipinski definition) is 2. The summed E-state index contributed by atoms with van der Waals surface area (Å²) in [6.07, 6.45) is 0. The van der Waals surface area contributed by atoms with Gasteiger partial charge in [0.1, 0.15) is 11.6 Å². The molecule has 0 amide bonds. The van der Waals surface area contributed by atoms with E-state index in [0.29, 0.717) is 0 Å². The van der Waals surface area contributed by atoms with Gasteiger partial charge in [0.2, 0.25) is 0 Å². The minimum atomic E-state index is -4.04. The molecule has 0 atom stereocenters. The van der Waals surface area contributed by atoms with Crippen LogP contribution in [0.1, 0.15) is 0 Å². The number of nitrogens with one attached hydrogen (secondary N) is 1. The van der Waals surface area contributed by atoms with Gasteiger partial charge in [0.05, 0.1) is 15.1 Å². The van der Waals surface area contributed by atoms with Crippen LogP contribution >= 0.6 is 15.9 Å². The molecule has 2 aromatic rings. The van der Waals surface area contributed by atoms with Gasteiger partial charge in [-0.25, -0.2) is 17.2 Å². The molecular formula is C12H9BrF2N2O2S. The van der Waals surface area contributed by atoms with Crippen LogP contribution in [0, 0.1) is 11.6 Å². The monoisotopic (exact) mass is 362 g/mol. The molecule has 0 saturated heterocycles. The van der Waals surface area contributed by atoms with Crippen LogP contribution in [0.15, 0.2) is 45.8 Å². The van der Waals surface area contributed by atoms with Crippen LogP contribution in [0.3, 0.4) is 0 Å². The first-order chi connectivity index (χ1) is 9.29. The summed E-state index contributed by atoms with van der Waals surface area (Å²) in [5.41, 5.74) is 5.26. The van der Waals surface area contributed by atoms with E-state index in [1.165, 1.54) is 24.3 Å². The lowest BCUT2D eigenvalue weighted by Gasteiger charge is -2.10. The number of nitrogen functional groups attached to an aromatic ring is 1. The average Bonchev–Trinajstić information content (AvgIpc) is 2.36. The Bertz CT molecular complexity index is 766. The largest absolute Gasteiger partial charge is 0.399 e. The maximum atomic E-state index is 13.6. The molecule has 0 saturated carbocycles. The van der Waals surface area contributed by atoms with E-state index in [-0.39, 0.29) is 15.1 Å². The van der Waals surface area contributed by atoms with Crippen molar-refractivity contribution >= 4 is 37.3 Å². The SMILES string of the molecule is Nc1cccc(S(=O)(=O)Nc2cc(F)c(Br)cc2F)c1.